The molecule has 0 heterocycles. The second kappa shape index (κ2) is 7.78. The first-order chi connectivity index (χ1) is 9.52. The van der Waals surface area contributed by atoms with Gasteiger partial charge in [-0.15, -0.1) is 0 Å². The highest BCUT2D eigenvalue weighted by Gasteiger charge is 2.20. The number of amides is 3. The fraction of sp³-hybridized carbons (Fsp3) is 0.308. The van der Waals surface area contributed by atoms with E-state index in [1.54, 1.807) is 0 Å². The molecule has 0 saturated heterocycles. The van der Waals surface area contributed by atoms with Crippen molar-refractivity contribution in [1.29, 1.82) is 0 Å². The zero-order chi connectivity index (χ0) is 15.0. The smallest absolute Gasteiger partial charge is 0.425 e. The number of hydrogen-bond acceptors (Lipinski definition) is 4. The number of carbonyl (C=O) groups is 3. The molecule has 0 bridgehead atoms. The fourth-order valence-electron chi connectivity index (χ4n) is 1.56. The Morgan fingerprint density at radius 2 is 1.80 bits per heavy atom. The molecule has 3 amide bonds. The lowest BCUT2D eigenvalue weighted by atomic mass is 10.1. The van der Waals surface area contributed by atoms with Crippen LogP contribution in [0.5, 0.6) is 0 Å². The molecular weight excluding hydrogens is 262 g/mol. The molecule has 0 saturated carbocycles. The van der Waals surface area contributed by atoms with Crippen LogP contribution in [0.1, 0.15) is 12.5 Å². The maximum Gasteiger partial charge on any atom is 0.425 e. The highest BCUT2D eigenvalue weighted by atomic mass is 16.5. The van der Waals surface area contributed by atoms with Gasteiger partial charge in [0.15, 0.2) is 0 Å². The van der Waals surface area contributed by atoms with Crippen LogP contribution < -0.4 is 16.2 Å². The highest BCUT2D eigenvalue weighted by molar-refractivity contribution is 5.88. The number of carbonyl (C=O) groups excluding carboxylic acids is 3. The van der Waals surface area contributed by atoms with E-state index in [0.717, 1.165) is 5.56 Å². The van der Waals surface area contributed by atoms with Crippen molar-refractivity contribution in [1.82, 2.24) is 16.2 Å². The molecule has 7 heteroatoms. The number of nitrogens with one attached hydrogen (secondary N) is 3. The number of ether oxygens (including phenoxy) is 1. The van der Waals surface area contributed by atoms with Crippen LogP contribution in [0, 0.1) is 0 Å². The van der Waals surface area contributed by atoms with Crippen LogP contribution in [0.2, 0.25) is 0 Å². The van der Waals surface area contributed by atoms with Gasteiger partial charge in [-0.2, -0.15) is 0 Å². The van der Waals surface area contributed by atoms with Crippen LogP contribution >= 0.6 is 0 Å². The minimum Gasteiger partial charge on any atom is -0.452 e. The minimum atomic E-state index is -0.792. The average molecular weight is 279 g/mol. The first-order valence-electron chi connectivity index (χ1n) is 5.97. The zero-order valence-corrected chi connectivity index (χ0v) is 11.3. The Kier molecular flexibility index (Phi) is 6.02. The summed E-state index contributed by atoms with van der Waals surface area (Å²) in [7, 11) is 1.18. The van der Waals surface area contributed by atoms with Gasteiger partial charge in [0.05, 0.1) is 7.11 Å². The van der Waals surface area contributed by atoms with E-state index in [1.165, 1.54) is 14.0 Å². The van der Waals surface area contributed by atoms with E-state index in [4.69, 9.17) is 0 Å². The third kappa shape index (κ3) is 5.38. The number of rotatable bonds is 4. The summed E-state index contributed by atoms with van der Waals surface area (Å²) in [6, 6.07) is 8.43. The van der Waals surface area contributed by atoms with Crippen LogP contribution in [0.4, 0.5) is 4.79 Å². The van der Waals surface area contributed by atoms with E-state index < -0.39 is 18.0 Å². The summed E-state index contributed by atoms with van der Waals surface area (Å²) >= 11 is 0. The van der Waals surface area contributed by atoms with E-state index in [9.17, 15) is 14.4 Å². The quantitative estimate of drug-likeness (QED) is 0.682. The minimum absolute atomic E-state index is 0.315. The van der Waals surface area contributed by atoms with Crippen LogP contribution in [-0.2, 0) is 20.7 Å². The van der Waals surface area contributed by atoms with Gasteiger partial charge in [-0.3, -0.25) is 15.0 Å². The highest BCUT2D eigenvalue weighted by Crippen LogP contribution is 2.03. The van der Waals surface area contributed by atoms with Crippen molar-refractivity contribution in [3.8, 4) is 0 Å². The topological polar surface area (TPSA) is 96.5 Å². The monoisotopic (exact) mass is 279 g/mol. The van der Waals surface area contributed by atoms with Crippen LogP contribution in [0.3, 0.4) is 0 Å². The van der Waals surface area contributed by atoms with Crippen molar-refractivity contribution in [2.24, 2.45) is 0 Å². The molecular formula is C13H17N3O4. The Labute approximate surface area is 116 Å². The molecule has 0 radical (unpaired) electrons. The van der Waals surface area contributed by atoms with Gasteiger partial charge in [-0.1, -0.05) is 30.3 Å². The van der Waals surface area contributed by atoms with Gasteiger partial charge < -0.3 is 10.1 Å². The van der Waals surface area contributed by atoms with Crippen LogP contribution in [-0.4, -0.2) is 31.1 Å². The summed E-state index contributed by atoms with van der Waals surface area (Å²) in [4.78, 5) is 33.9. The summed E-state index contributed by atoms with van der Waals surface area (Å²) in [5, 5.41) is 2.53. The van der Waals surface area contributed by atoms with Crippen molar-refractivity contribution in [3.63, 3.8) is 0 Å². The summed E-state index contributed by atoms with van der Waals surface area (Å²) in [6.07, 6.45) is -0.477. The molecule has 0 aliphatic carbocycles. The maximum absolute atomic E-state index is 11.9. The molecule has 1 rings (SSSR count). The molecule has 0 unspecified atom stereocenters. The first kappa shape index (κ1) is 15.5. The first-order valence-corrected chi connectivity index (χ1v) is 5.97. The van der Waals surface area contributed by atoms with E-state index in [0.29, 0.717) is 6.42 Å². The van der Waals surface area contributed by atoms with Crippen molar-refractivity contribution in [2.45, 2.75) is 19.4 Å². The lowest BCUT2D eigenvalue weighted by Gasteiger charge is -2.17. The lowest BCUT2D eigenvalue weighted by molar-refractivity contribution is -0.128. The van der Waals surface area contributed by atoms with E-state index >= 15 is 0 Å². The normalized spacial score (nSPS) is 11.1. The lowest BCUT2D eigenvalue weighted by Crippen LogP contribution is -2.52. The Balaban J connectivity index is 2.66. The largest absolute Gasteiger partial charge is 0.452 e. The summed E-state index contributed by atoms with van der Waals surface area (Å²) in [6.45, 7) is 1.32. The third-order valence-electron chi connectivity index (χ3n) is 2.45. The molecule has 0 aliphatic rings. The Morgan fingerprint density at radius 1 is 1.15 bits per heavy atom. The van der Waals surface area contributed by atoms with Gasteiger partial charge in [0, 0.05) is 13.3 Å². The zero-order valence-electron chi connectivity index (χ0n) is 11.3. The van der Waals surface area contributed by atoms with Gasteiger partial charge in [0.2, 0.25) is 5.91 Å². The Morgan fingerprint density at radius 3 is 2.35 bits per heavy atom. The number of hydrogen-bond donors (Lipinski definition) is 3. The summed E-state index contributed by atoms with van der Waals surface area (Å²) < 4.78 is 4.33. The molecule has 0 aromatic heterocycles. The molecule has 1 aromatic carbocycles. The summed E-state index contributed by atoms with van der Waals surface area (Å²) in [5.74, 6) is -0.867. The van der Waals surface area contributed by atoms with Gasteiger partial charge in [0.1, 0.15) is 6.04 Å². The molecule has 0 spiro atoms. The van der Waals surface area contributed by atoms with Crippen molar-refractivity contribution in [2.75, 3.05) is 7.11 Å². The van der Waals surface area contributed by atoms with Gasteiger partial charge >= 0.3 is 6.09 Å². The third-order valence-corrected chi connectivity index (χ3v) is 2.45. The van der Waals surface area contributed by atoms with Crippen LogP contribution in [0.25, 0.3) is 0 Å². The van der Waals surface area contributed by atoms with E-state index in [-0.39, 0.29) is 5.91 Å². The second-order valence-electron chi connectivity index (χ2n) is 4.05. The average Bonchev–Trinajstić information content (AvgIpc) is 2.44. The Hall–Kier alpha value is -2.57. The number of methoxy groups -OCH3 is 1. The van der Waals surface area contributed by atoms with Crippen molar-refractivity contribution in [3.05, 3.63) is 35.9 Å². The van der Waals surface area contributed by atoms with Gasteiger partial charge in [-0.05, 0) is 5.56 Å². The molecule has 7 nitrogen and oxygen atoms in total. The molecule has 0 fully saturated rings. The molecule has 1 atom stereocenters. The SMILES string of the molecule is COC(=O)NNC(=O)[C@H](Cc1ccccc1)NC(C)=O. The molecule has 0 aliphatic heterocycles. The summed E-state index contributed by atoms with van der Waals surface area (Å²) in [5.41, 5.74) is 5.13. The molecule has 20 heavy (non-hydrogen) atoms. The predicted molar refractivity (Wildman–Crippen MR) is 71.4 cm³/mol. The van der Waals surface area contributed by atoms with Gasteiger partial charge in [-0.25, -0.2) is 10.2 Å². The van der Waals surface area contributed by atoms with Crippen molar-refractivity contribution >= 4 is 17.9 Å². The predicted octanol–water partition coefficient (Wildman–Crippen LogP) is 0.121. The van der Waals surface area contributed by atoms with E-state index in [1.807, 2.05) is 30.3 Å². The van der Waals surface area contributed by atoms with E-state index in [2.05, 4.69) is 20.9 Å². The standard InChI is InChI=1S/C13H17N3O4/c1-9(17)14-11(8-10-6-4-3-5-7-10)12(18)15-16-13(19)20-2/h3-7,11H,8H2,1-2H3,(H,14,17)(H,15,18)(H,16,19)/t11-/m0/s1. The molecule has 1 aromatic rings. The van der Waals surface area contributed by atoms with Gasteiger partial charge in [0.25, 0.3) is 5.91 Å². The second-order valence-corrected chi connectivity index (χ2v) is 4.05. The Bertz CT molecular complexity index is 476. The number of hydrazine groups is 1. The molecule has 108 valence electrons. The fourth-order valence-corrected chi connectivity index (χ4v) is 1.56. The number of benzene rings is 1. The van der Waals surface area contributed by atoms with Crippen molar-refractivity contribution < 1.29 is 19.1 Å². The molecule has 3 N–H and O–H groups in total. The maximum atomic E-state index is 11.9. The van der Waals surface area contributed by atoms with Crippen LogP contribution in [0.15, 0.2) is 30.3 Å².